The van der Waals surface area contributed by atoms with Gasteiger partial charge in [0.2, 0.25) is 0 Å². The number of carbonyl (C=O) groups is 1. The average Bonchev–Trinajstić information content (AvgIpc) is 2.45. The number of rotatable bonds is 3. The Labute approximate surface area is 122 Å². The van der Waals surface area contributed by atoms with E-state index in [-0.39, 0.29) is 21.0 Å². The molecule has 0 atom stereocenters. The summed E-state index contributed by atoms with van der Waals surface area (Å²) < 4.78 is 44.4. The van der Waals surface area contributed by atoms with Gasteiger partial charge in [0.1, 0.15) is 5.82 Å². The van der Waals surface area contributed by atoms with Crippen molar-refractivity contribution in [2.45, 2.75) is 9.79 Å². The summed E-state index contributed by atoms with van der Waals surface area (Å²) >= 11 is 0.843. The maximum absolute atomic E-state index is 13.8. The lowest BCUT2D eigenvalue weighted by atomic mass is 10.2. The first kappa shape index (κ1) is 15.2. The van der Waals surface area contributed by atoms with Crippen molar-refractivity contribution < 1.29 is 22.7 Å². The Hall–Kier alpha value is -2.15. The molecule has 0 aliphatic carbocycles. The van der Waals surface area contributed by atoms with E-state index in [1.807, 2.05) is 0 Å². The summed E-state index contributed by atoms with van der Waals surface area (Å²) in [7, 11) is 1.17. The lowest BCUT2D eigenvalue weighted by molar-refractivity contribution is 0.0601. The van der Waals surface area contributed by atoms with Gasteiger partial charge in [-0.05, 0) is 30.3 Å². The minimum atomic E-state index is -1.04. The third kappa shape index (κ3) is 3.30. The van der Waals surface area contributed by atoms with E-state index >= 15 is 0 Å². The molecule has 0 bridgehead atoms. The molecule has 0 radical (unpaired) electrons. The minimum Gasteiger partial charge on any atom is -0.465 e. The lowest BCUT2D eigenvalue weighted by Crippen LogP contribution is -2.06. The molecule has 0 saturated carbocycles. The number of carbonyl (C=O) groups excluding carboxylic acids is 1. The molecule has 2 rings (SSSR count). The number of esters is 1. The number of anilines is 1. The van der Waals surface area contributed by atoms with Crippen molar-refractivity contribution in [1.29, 1.82) is 0 Å². The van der Waals surface area contributed by atoms with Crippen LogP contribution in [0.2, 0.25) is 0 Å². The van der Waals surface area contributed by atoms with Crippen molar-refractivity contribution in [3.8, 4) is 0 Å². The van der Waals surface area contributed by atoms with Crippen LogP contribution in [0, 0.1) is 17.5 Å². The first-order chi connectivity index (χ1) is 9.92. The number of methoxy groups -OCH3 is 1. The van der Waals surface area contributed by atoms with Crippen molar-refractivity contribution in [1.82, 2.24) is 0 Å². The zero-order chi connectivity index (χ0) is 15.6. The number of hydrogen-bond acceptors (Lipinski definition) is 4. The maximum atomic E-state index is 13.8. The number of halogens is 3. The lowest BCUT2D eigenvalue weighted by Gasteiger charge is -2.09. The predicted molar refractivity (Wildman–Crippen MR) is 72.6 cm³/mol. The summed E-state index contributed by atoms with van der Waals surface area (Å²) in [6.45, 7) is 0. The monoisotopic (exact) mass is 313 g/mol. The van der Waals surface area contributed by atoms with Gasteiger partial charge in [-0.3, -0.25) is 0 Å². The second-order valence-electron chi connectivity index (χ2n) is 4.04. The summed E-state index contributed by atoms with van der Waals surface area (Å²) in [6.07, 6.45) is 0. The van der Waals surface area contributed by atoms with Crippen LogP contribution in [0.5, 0.6) is 0 Å². The second-order valence-corrected chi connectivity index (χ2v) is 5.15. The predicted octanol–water partition coefficient (Wildman–Crippen LogP) is 3.62. The van der Waals surface area contributed by atoms with Gasteiger partial charge in [-0.2, -0.15) is 0 Å². The van der Waals surface area contributed by atoms with Crippen LogP contribution < -0.4 is 5.73 Å². The van der Waals surface area contributed by atoms with Gasteiger partial charge < -0.3 is 10.5 Å². The van der Waals surface area contributed by atoms with Gasteiger partial charge in [0, 0.05) is 15.5 Å². The summed E-state index contributed by atoms with van der Waals surface area (Å²) in [6, 6.07) is 5.37. The molecule has 7 heteroatoms. The van der Waals surface area contributed by atoms with Crippen LogP contribution in [0.15, 0.2) is 40.1 Å². The normalized spacial score (nSPS) is 10.5. The van der Waals surface area contributed by atoms with E-state index in [1.165, 1.54) is 19.2 Å². The Morgan fingerprint density at radius 1 is 1.10 bits per heavy atom. The quantitative estimate of drug-likeness (QED) is 0.694. The van der Waals surface area contributed by atoms with E-state index in [2.05, 4.69) is 4.74 Å². The molecule has 0 heterocycles. The average molecular weight is 313 g/mol. The van der Waals surface area contributed by atoms with Crippen molar-refractivity contribution in [3.63, 3.8) is 0 Å². The Balaban J connectivity index is 2.39. The van der Waals surface area contributed by atoms with Gasteiger partial charge >= 0.3 is 5.97 Å². The zero-order valence-corrected chi connectivity index (χ0v) is 11.6. The summed E-state index contributed by atoms with van der Waals surface area (Å²) in [5, 5.41) is 0. The highest BCUT2D eigenvalue weighted by atomic mass is 32.2. The molecule has 0 saturated heterocycles. The SMILES string of the molecule is COC(=O)c1cc(Sc2ccc(F)c(F)c2)c(F)cc1N. The Bertz CT molecular complexity index is 707. The topological polar surface area (TPSA) is 52.3 Å². The fourth-order valence-corrected chi connectivity index (χ4v) is 2.49. The zero-order valence-electron chi connectivity index (χ0n) is 10.8. The van der Waals surface area contributed by atoms with Crippen molar-refractivity contribution >= 4 is 23.4 Å². The minimum absolute atomic E-state index is 0.00369. The van der Waals surface area contributed by atoms with Crippen LogP contribution in [-0.2, 0) is 4.74 Å². The van der Waals surface area contributed by atoms with Gasteiger partial charge in [-0.15, -0.1) is 0 Å². The van der Waals surface area contributed by atoms with E-state index in [0.29, 0.717) is 0 Å². The van der Waals surface area contributed by atoms with E-state index < -0.39 is 23.4 Å². The van der Waals surface area contributed by atoms with E-state index in [9.17, 15) is 18.0 Å². The van der Waals surface area contributed by atoms with Gasteiger partial charge in [0.25, 0.3) is 0 Å². The van der Waals surface area contributed by atoms with Crippen LogP contribution in [0.4, 0.5) is 18.9 Å². The molecule has 21 heavy (non-hydrogen) atoms. The Kier molecular flexibility index (Phi) is 4.42. The Morgan fingerprint density at radius 3 is 2.43 bits per heavy atom. The van der Waals surface area contributed by atoms with Crippen LogP contribution >= 0.6 is 11.8 Å². The fraction of sp³-hybridized carbons (Fsp3) is 0.0714. The van der Waals surface area contributed by atoms with Gasteiger partial charge in [0.15, 0.2) is 11.6 Å². The van der Waals surface area contributed by atoms with E-state index in [1.54, 1.807) is 0 Å². The molecule has 0 unspecified atom stereocenters. The summed E-state index contributed by atoms with van der Waals surface area (Å²) in [5.41, 5.74) is 5.49. The molecular weight excluding hydrogens is 303 g/mol. The fourth-order valence-electron chi connectivity index (χ4n) is 1.60. The van der Waals surface area contributed by atoms with E-state index in [4.69, 9.17) is 5.73 Å². The number of hydrogen-bond donors (Lipinski definition) is 1. The van der Waals surface area contributed by atoms with Crippen molar-refractivity contribution in [2.24, 2.45) is 0 Å². The molecule has 0 fully saturated rings. The van der Waals surface area contributed by atoms with Crippen LogP contribution in [-0.4, -0.2) is 13.1 Å². The first-order valence-corrected chi connectivity index (χ1v) is 6.54. The van der Waals surface area contributed by atoms with Gasteiger partial charge in [-0.1, -0.05) is 11.8 Å². The van der Waals surface area contributed by atoms with E-state index in [0.717, 1.165) is 30.0 Å². The molecule has 2 aromatic rings. The smallest absolute Gasteiger partial charge is 0.339 e. The molecule has 0 amide bonds. The highest BCUT2D eigenvalue weighted by Gasteiger charge is 2.16. The molecule has 0 aliphatic rings. The highest BCUT2D eigenvalue weighted by Crippen LogP contribution is 2.33. The van der Waals surface area contributed by atoms with Crippen molar-refractivity contribution in [2.75, 3.05) is 12.8 Å². The molecule has 0 aromatic heterocycles. The molecule has 2 N–H and O–H groups in total. The molecule has 110 valence electrons. The standard InChI is InChI=1S/C14H10F3NO2S/c1-20-14(19)8-5-13(11(17)6-12(8)18)21-7-2-3-9(15)10(16)4-7/h2-6H,18H2,1H3. The number of ether oxygens (including phenoxy) is 1. The molecule has 2 aromatic carbocycles. The van der Waals surface area contributed by atoms with Crippen molar-refractivity contribution in [3.05, 3.63) is 53.3 Å². The molecule has 0 aliphatic heterocycles. The highest BCUT2D eigenvalue weighted by molar-refractivity contribution is 7.99. The summed E-state index contributed by atoms with van der Waals surface area (Å²) in [4.78, 5) is 11.8. The third-order valence-electron chi connectivity index (χ3n) is 2.63. The Morgan fingerprint density at radius 2 is 1.81 bits per heavy atom. The first-order valence-electron chi connectivity index (χ1n) is 5.72. The van der Waals surface area contributed by atoms with Crippen LogP contribution in [0.25, 0.3) is 0 Å². The van der Waals surface area contributed by atoms with Crippen LogP contribution in [0.3, 0.4) is 0 Å². The largest absolute Gasteiger partial charge is 0.465 e. The third-order valence-corrected chi connectivity index (χ3v) is 3.65. The molecule has 0 spiro atoms. The number of nitrogens with two attached hydrogens (primary N) is 1. The second kappa shape index (κ2) is 6.09. The number of benzene rings is 2. The van der Waals surface area contributed by atoms with Crippen LogP contribution in [0.1, 0.15) is 10.4 Å². The van der Waals surface area contributed by atoms with Gasteiger partial charge in [0.05, 0.1) is 12.7 Å². The maximum Gasteiger partial charge on any atom is 0.339 e. The summed E-state index contributed by atoms with van der Waals surface area (Å²) in [5.74, 6) is -3.41. The molecule has 3 nitrogen and oxygen atoms in total. The number of nitrogen functional groups attached to an aromatic ring is 1. The van der Waals surface area contributed by atoms with Gasteiger partial charge in [-0.25, -0.2) is 18.0 Å². The molecular formula is C14H10F3NO2S.